The van der Waals surface area contributed by atoms with Gasteiger partial charge in [0.15, 0.2) is 5.03 Å². The number of aryl methyl sites for hydroxylation is 1. The van der Waals surface area contributed by atoms with Crippen LogP contribution in [0.4, 0.5) is 5.69 Å². The maximum Gasteiger partial charge on any atom is 0.280 e. The first kappa shape index (κ1) is 21.1. The van der Waals surface area contributed by atoms with Gasteiger partial charge in [-0.3, -0.25) is 4.72 Å². The van der Waals surface area contributed by atoms with E-state index in [0.717, 1.165) is 25.7 Å². The molecule has 1 aliphatic rings. The molecule has 0 radical (unpaired) electrons. The van der Waals surface area contributed by atoms with Crippen LogP contribution in [0.5, 0.6) is 0 Å². The van der Waals surface area contributed by atoms with E-state index in [-0.39, 0.29) is 20.6 Å². The summed E-state index contributed by atoms with van der Waals surface area (Å²) >= 11 is 6.12. The van der Waals surface area contributed by atoms with Crippen molar-refractivity contribution in [1.29, 1.82) is 0 Å². The number of anilines is 1. The van der Waals surface area contributed by atoms with Crippen LogP contribution in [0.15, 0.2) is 40.6 Å². The third kappa shape index (κ3) is 4.51. The van der Waals surface area contributed by atoms with Crippen molar-refractivity contribution in [2.75, 3.05) is 17.8 Å². The number of rotatable bonds is 6. The summed E-state index contributed by atoms with van der Waals surface area (Å²) in [6.45, 7) is 3.35. The van der Waals surface area contributed by atoms with E-state index in [1.54, 1.807) is 4.57 Å². The van der Waals surface area contributed by atoms with Crippen LogP contribution in [0.3, 0.4) is 0 Å². The fourth-order valence-corrected chi connectivity index (χ4v) is 5.81. The number of aromatic nitrogens is 2. The molecular formula is C17H23ClN4O4S2. The predicted molar refractivity (Wildman–Crippen MR) is 107 cm³/mol. The minimum Gasteiger partial charge on any atom is -0.336 e. The van der Waals surface area contributed by atoms with Crippen molar-refractivity contribution < 1.29 is 16.8 Å². The van der Waals surface area contributed by atoms with Gasteiger partial charge in [0.2, 0.25) is 10.0 Å². The number of imidazole rings is 1. The molecule has 0 bridgehead atoms. The first-order valence-corrected chi connectivity index (χ1v) is 12.4. The highest BCUT2D eigenvalue weighted by Crippen LogP contribution is 2.29. The Morgan fingerprint density at radius 3 is 2.39 bits per heavy atom. The van der Waals surface area contributed by atoms with Crippen LogP contribution < -0.4 is 4.72 Å². The average Bonchev–Trinajstić information content (AvgIpc) is 2.98. The third-order valence-electron chi connectivity index (χ3n) is 4.63. The van der Waals surface area contributed by atoms with Gasteiger partial charge in [-0.05, 0) is 38.0 Å². The van der Waals surface area contributed by atoms with Gasteiger partial charge >= 0.3 is 0 Å². The number of hydrogen-bond donors (Lipinski definition) is 1. The molecule has 0 unspecified atom stereocenters. The zero-order valence-electron chi connectivity index (χ0n) is 15.5. The Labute approximate surface area is 170 Å². The molecule has 0 amide bonds. The van der Waals surface area contributed by atoms with Crippen molar-refractivity contribution in [3.63, 3.8) is 0 Å². The SMILES string of the molecule is CCn1cnc(S(=O)(=O)Nc2cc(S(=O)(=O)N3CCCCCC3)ccc2Cl)c1. The van der Waals surface area contributed by atoms with Crippen LogP contribution in [0.2, 0.25) is 5.02 Å². The van der Waals surface area contributed by atoms with Gasteiger partial charge in [0.25, 0.3) is 10.0 Å². The summed E-state index contributed by atoms with van der Waals surface area (Å²) in [5, 5.41) is -0.0560. The summed E-state index contributed by atoms with van der Waals surface area (Å²) in [5.41, 5.74) is 0.00334. The number of sulfonamides is 2. The van der Waals surface area contributed by atoms with E-state index in [9.17, 15) is 16.8 Å². The molecule has 0 atom stereocenters. The van der Waals surface area contributed by atoms with Crippen molar-refractivity contribution in [3.05, 3.63) is 35.7 Å². The second-order valence-electron chi connectivity index (χ2n) is 6.61. The fraction of sp³-hybridized carbons (Fsp3) is 0.471. The molecule has 1 N–H and O–H groups in total. The second-order valence-corrected chi connectivity index (χ2v) is 10.6. The summed E-state index contributed by atoms with van der Waals surface area (Å²) in [5.74, 6) is 0. The van der Waals surface area contributed by atoms with Crippen molar-refractivity contribution in [3.8, 4) is 0 Å². The minimum absolute atomic E-state index is 0.00334. The Morgan fingerprint density at radius 1 is 1.11 bits per heavy atom. The summed E-state index contributed by atoms with van der Waals surface area (Å²) in [6, 6.07) is 4.04. The van der Waals surface area contributed by atoms with E-state index < -0.39 is 20.0 Å². The number of hydrogen-bond acceptors (Lipinski definition) is 5. The van der Waals surface area contributed by atoms with Gasteiger partial charge in [-0.25, -0.2) is 13.4 Å². The molecule has 1 fully saturated rings. The van der Waals surface area contributed by atoms with E-state index in [1.165, 1.54) is 35.0 Å². The van der Waals surface area contributed by atoms with Gasteiger partial charge in [-0.2, -0.15) is 12.7 Å². The van der Waals surface area contributed by atoms with Crippen LogP contribution in [0.25, 0.3) is 0 Å². The molecule has 154 valence electrons. The molecule has 0 aliphatic carbocycles. The largest absolute Gasteiger partial charge is 0.336 e. The van der Waals surface area contributed by atoms with Crippen LogP contribution in [0.1, 0.15) is 32.6 Å². The maximum absolute atomic E-state index is 13.0. The summed E-state index contributed by atoms with van der Waals surface area (Å²) < 4.78 is 56.5. The maximum atomic E-state index is 13.0. The number of nitrogens with one attached hydrogen (secondary N) is 1. The Bertz CT molecular complexity index is 1040. The molecule has 1 aliphatic heterocycles. The molecule has 2 heterocycles. The van der Waals surface area contributed by atoms with Crippen molar-refractivity contribution in [1.82, 2.24) is 13.9 Å². The predicted octanol–water partition coefficient (Wildman–Crippen LogP) is 2.92. The molecule has 3 rings (SSSR count). The first-order chi connectivity index (χ1) is 13.2. The van der Waals surface area contributed by atoms with Crippen molar-refractivity contribution in [2.45, 2.75) is 49.1 Å². The van der Waals surface area contributed by atoms with E-state index in [2.05, 4.69) is 9.71 Å². The van der Waals surface area contributed by atoms with Crippen LogP contribution in [-0.2, 0) is 26.6 Å². The topological polar surface area (TPSA) is 101 Å². The van der Waals surface area contributed by atoms with E-state index in [0.29, 0.717) is 19.6 Å². The lowest BCUT2D eigenvalue weighted by atomic mass is 10.2. The molecule has 0 saturated carbocycles. The van der Waals surface area contributed by atoms with E-state index >= 15 is 0 Å². The summed E-state index contributed by atoms with van der Waals surface area (Å²) in [4.78, 5) is 3.89. The zero-order chi connectivity index (χ0) is 20.4. The quantitative estimate of drug-likeness (QED) is 0.735. The highest BCUT2D eigenvalue weighted by atomic mass is 35.5. The lowest BCUT2D eigenvalue weighted by Gasteiger charge is -2.20. The van der Waals surface area contributed by atoms with E-state index in [1.807, 2.05) is 6.92 Å². The van der Waals surface area contributed by atoms with Crippen LogP contribution in [0, 0.1) is 0 Å². The van der Waals surface area contributed by atoms with Crippen LogP contribution >= 0.6 is 11.6 Å². The monoisotopic (exact) mass is 446 g/mol. The van der Waals surface area contributed by atoms with Gasteiger partial charge in [0, 0.05) is 25.8 Å². The summed E-state index contributed by atoms with van der Waals surface area (Å²) in [6.07, 6.45) is 6.44. The molecular weight excluding hydrogens is 424 g/mol. The molecule has 28 heavy (non-hydrogen) atoms. The molecule has 11 heteroatoms. The standard InChI is InChI=1S/C17H23ClN4O4S2/c1-2-21-12-17(19-13-21)27(23,24)20-16-11-14(7-8-15(16)18)28(25,26)22-9-5-3-4-6-10-22/h7-8,11-13,20H,2-6,9-10H2,1H3. The molecule has 2 aromatic rings. The molecule has 1 saturated heterocycles. The van der Waals surface area contributed by atoms with Gasteiger partial charge in [-0.1, -0.05) is 24.4 Å². The normalized spacial score (nSPS) is 16.6. The highest BCUT2D eigenvalue weighted by molar-refractivity contribution is 7.92. The van der Waals surface area contributed by atoms with Gasteiger partial charge in [0.05, 0.1) is 21.9 Å². The highest BCUT2D eigenvalue weighted by Gasteiger charge is 2.27. The van der Waals surface area contributed by atoms with Gasteiger partial charge < -0.3 is 4.57 Å². The molecule has 0 spiro atoms. The number of nitrogens with zero attached hydrogens (tertiary/aromatic N) is 3. The number of benzene rings is 1. The van der Waals surface area contributed by atoms with Crippen LogP contribution in [-0.4, -0.2) is 43.8 Å². The Kier molecular flexibility index (Phi) is 6.33. The van der Waals surface area contributed by atoms with Gasteiger partial charge in [0.1, 0.15) is 0 Å². The second kappa shape index (κ2) is 8.40. The number of halogens is 1. The molecule has 8 nitrogen and oxygen atoms in total. The lowest BCUT2D eigenvalue weighted by Crippen LogP contribution is -2.32. The third-order valence-corrected chi connectivity index (χ3v) is 8.11. The van der Waals surface area contributed by atoms with E-state index in [4.69, 9.17) is 11.6 Å². The Balaban J connectivity index is 1.91. The molecule has 1 aromatic heterocycles. The Morgan fingerprint density at radius 2 is 1.79 bits per heavy atom. The van der Waals surface area contributed by atoms with Crippen molar-refractivity contribution >= 4 is 37.3 Å². The first-order valence-electron chi connectivity index (χ1n) is 9.08. The Hall–Kier alpha value is -1.62. The lowest BCUT2D eigenvalue weighted by molar-refractivity contribution is 0.424. The smallest absolute Gasteiger partial charge is 0.280 e. The van der Waals surface area contributed by atoms with Crippen molar-refractivity contribution in [2.24, 2.45) is 0 Å². The average molecular weight is 447 g/mol. The van der Waals surface area contributed by atoms with Gasteiger partial charge in [-0.15, -0.1) is 0 Å². The zero-order valence-corrected chi connectivity index (χ0v) is 17.9. The molecule has 1 aromatic carbocycles. The summed E-state index contributed by atoms with van der Waals surface area (Å²) in [7, 11) is -7.72. The minimum atomic E-state index is -3.99. The fourth-order valence-electron chi connectivity index (χ4n) is 3.02.